The Morgan fingerprint density at radius 1 is 1.17 bits per heavy atom. The van der Waals surface area contributed by atoms with E-state index < -0.39 is 0 Å². The van der Waals surface area contributed by atoms with Gasteiger partial charge in [-0.2, -0.15) is 0 Å². The van der Waals surface area contributed by atoms with Crippen LogP contribution in [0.4, 0.5) is 0 Å². The van der Waals surface area contributed by atoms with Gasteiger partial charge in [-0.25, -0.2) is 0 Å². The molecule has 1 saturated carbocycles. The Labute approximate surface area is 112 Å². The number of hydrogen-bond acceptors (Lipinski definition) is 1. The van der Waals surface area contributed by atoms with Gasteiger partial charge in [0.25, 0.3) is 0 Å². The van der Waals surface area contributed by atoms with Crippen LogP contribution in [-0.4, -0.2) is 13.6 Å². The molecule has 0 aliphatic heterocycles. The number of rotatable bonds is 4. The normalized spacial score (nSPS) is 24.8. The van der Waals surface area contributed by atoms with E-state index >= 15 is 0 Å². The van der Waals surface area contributed by atoms with Crippen molar-refractivity contribution in [2.75, 3.05) is 13.6 Å². The lowest BCUT2D eigenvalue weighted by atomic mass is 9.82. The summed E-state index contributed by atoms with van der Waals surface area (Å²) in [5, 5.41) is 3.39. The van der Waals surface area contributed by atoms with Gasteiger partial charge in [0.15, 0.2) is 0 Å². The smallest absolute Gasteiger partial charge is 0.00177 e. The van der Waals surface area contributed by atoms with E-state index in [-0.39, 0.29) is 0 Å². The Balaban J connectivity index is 2.19. The molecule has 100 valence electrons. The van der Waals surface area contributed by atoms with E-state index in [2.05, 4.69) is 43.6 Å². The van der Waals surface area contributed by atoms with Crippen molar-refractivity contribution in [1.29, 1.82) is 0 Å². The summed E-state index contributed by atoms with van der Waals surface area (Å²) < 4.78 is 0. The molecule has 2 rings (SSSR count). The molecule has 1 aliphatic carbocycles. The van der Waals surface area contributed by atoms with Crippen LogP contribution in [0.15, 0.2) is 24.3 Å². The maximum absolute atomic E-state index is 3.39. The second-order valence-corrected chi connectivity index (χ2v) is 5.66. The highest BCUT2D eigenvalue weighted by Gasteiger charge is 2.24. The van der Waals surface area contributed by atoms with Crippen LogP contribution < -0.4 is 5.32 Å². The third kappa shape index (κ3) is 3.35. The topological polar surface area (TPSA) is 12.0 Å². The quantitative estimate of drug-likeness (QED) is 0.786. The van der Waals surface area contributed by atoms with E-state index in [0.29, 0.717) is 0 Å². The van der Waals surface area contributed by atoms with Gasteiger partial charge in [0.1, 0.15) is 0 Å². The molecule has 1 aromatic carbocycles. The summed E-state index contributed by atoms with van der Waals surface area (Å²) in [5.74, 6) is 1.59. The average molecular weight is 245 g/mol. The van der Waals surface area contributed by atoms with E-state index in [0.717, 1.165) is 18.3 Å². The molecule has 2 atom stereocenters. The van der Waals surface area contributed by atoms with Gasteiger partial charge in [-0.15, -0.1) is 0 Å². The largest absolute Gasteiger partial charge is 0.319 e. The van der Waals surface area contributed by atoms with Crippen LogP contribution in [0.25, 0.3) is 0 Å². The molecule has 1 fully saturated rings. The molecule has 0 aromatic heterocycles. The molecule has 1 N–H and O–H groups in total. The zero-order valence-corrected chi connectivity index (χ0v) is 11.9. The SMILES string of the molecule is CCc1cccc(C2CCCCCC2CNC)c1. The second-order valence-electron chi connectivity index (χ2n) is 5.66. The van der Waals surface area contributed by atoms with Crippen molar-refractivity contribution in [3.8, 4) is 0 Å². The fourth-order valence-electron chi connectivity index (χ4n) is 3.37. The van der Waals surface area contributed by atoms with Gasteiger partial charge in [0.05, 0.1) is 0 Å². The van der Waals surface area contributed by atoms with Crippen LogP contribution in [-0.2, 0) is 6.42 Å². The fourth-order valence-corrected chi connectivity index (χ4v) is 3.37. The van der Waals surface area contributed by atoms with E-state index in [1.807, 2.05) is 0 Å². The number of aryl methyl sites for hydroxylation is 1. The van der Waals surface area contributed by atoms with Crippen LogP contribution in [0, 0.1) is 5.92 Å². The predicted octanol–water partition coefficient (Wildman–Crippen LogP) is 4.13. The molecule has 1 aromatic rings. The molecule has 1 nitrogen and oxygen atoms in total. The van der Waals surface area contributed by atoms with Gasteiger partial charge in [-0.1, -0.05) is 50.5 Å². The minimum absolute atomic E-state index is 0.770. The summed E-state index contributed by atoms with van der Waals surface area (Å²) in [6.07, 6.45) is 8.15. The molecule has 0 bridgehead atoms. The lowest BCUT2D eigenvalue weighted by molar-refractivity contribution is 0.386. The van der Waals surface area contributed by atoms with Crippen molar-refractivity contribution in [1.82, 2.24) is 5.32 Å². The Kier molecular flexibility index (Phi) is 5.25. The Bertz CT molecular complexity index is 358. The first-order chi connectivity index (χ1) is 8.85. The summed E-state index contributed by atoms with van der Waals surface area (Å²) in [6, 6.07) is 9.29. The van der Waals surface area contributed by atoms with Crippen LogP contribution in [0.3, 0.4) is 0 Å². The summed E-state index contributed by atoms with van der Waals surface area (Å²) >= 11 is 0. The average Bonchev–Trinajstić information content (AvgIpc) is 2.65. The van der Waals surface area contributed by atoms with Gasteiger partial charge in [-0.05, 0) is 55.8 Å². The van der Waals surface area contributed by atoms with Crippen molar-refractivity contribution >= 4 is 0 Å². The standard InChI is InChI=1S/C17H27N/c1-3-14-8-7-10-15(12-14)17-11-6-4-5-9-16(17)13-18-2/h7-8,10,12,16-18H,3-6,9,11,13H2,1-2H3. The minimum Gasteiger partial charge on any atom is -0.319 e. The fraction of sp³-hybridized carbons (Fsp3) is 0.647. The third-order valence-electron chi connectivity index (χ3n) is 4.41. The second kappa shape index (κ2) is 6.94. The summed E-state index contributed by atoms with van der Waals surface area (Å²) in [6.45, 7) is 3.41. The Morgan fingerprint density at radius 3 is 2.78 bits per heavy atom. The van der Waals surface area contributed by atoms with Gasteiger partial charge < -0.3 is 5.32 Å². The first-order valence-corrected chi connectivity index (χ1v) is 7.58. The summed E-state index contributed by atoms with van der Waals surface area (Å²) in [4.78, 5) is 0. The Morgan fingerprint density at radius 2 is 2.00 bits per heavy atom. The molecule has 1 heteroatoms. The lowest BCUT2D eigenvalue weighted by Gasteiger charge is -2.26. The van der Waals surface area contributed by atoms with Crippen molar-refractivity contribution in [3.63, 3.8) is 0 Å². The first-order valence-electron chi connectivity index (χ1n) is 7.58. The maximum Gasteiger partial charge on any atom is -0.00177 e. The number of hydrogen-bond donors (Lipinski definition) is 1. The Hall–Kier alpha value is -0.820. The number of nitrogens with one attached hydrogen (secondary N) is 1. The van der Waals surface area contributed by atoms with Gasteiger partial charge >= 0.3 is 0 Å². The van der Waals surface area contributed by atoms with E-state index in [1.165, 1.54) is 44.2 Å². The zero-order valence-electron chi connectivity index (χ0n) is 11.9. The van der Waals surface area contributed by atoms with Crippen LogP contribution in [0.5, 0.6) is 0 Å². The molecule has 0 spiro atoms. The van der Waals surface area contributed by atoms with E-state index in [9.17, 15) is 0 Å². The monoisotopic (exact) mass is 245 g/mol. The maximum atomic E-state index is 3.39. The van der Waals surface area contributed by atoms with Crippen LogP contribution >= 0.6 is 0 Å². The minimum atomic E-state index is 0.770. The van der Waals surface area contributed by atoms with Crippen LogP contribution in [0.1, 0.15) is 56.1 Å². The van der Waals surface area contributed by atoms with Gasteiger partial charge in [0.2, 0.25) is 0 Å². The molecule has 0 saturated heterocycles. The van der Waals surface area contributed by atoms with E-state index in [1.54, 1.807) is 5.56 Å². The van der Waals surface area contributed by atoms with E-state index in [4.69, 9.17) is 0 Å². The van der Waals surface area contributed by atoms with Crippen molar-refractivity contribution in [2.24, 2.45) is 5.92 Å². The van der Waals surface area contributed by atoms with Crippen molar-refractivity contribution < 1.29 is 0 Å². The predicted molar refractivity (Wildman–Crippen MR) is 79.1 cm³/mol. The molecule has 0 heterocycles. The van der Waals surface area contributed by atoms with Gasteiger partial charge in [-0.3, -0.25) is 0 Å². The highest BCUT2D eigenvalue weighted by molar-refractivity contribution is 5.27. The molecular weight excluding hydrogens is 218 g/mol. The van der Waals surface area contributed by atoms with Gasteiger partial charge in [0, 0.05) is 0 Å². The molecular formula is C17H27N. The third-order valence-corrected chi connectivity index (χ3v) is 4.41. The van der Waals surface area contributed by atoms with Crippen LogP contribution in [0.2, 0.25) is 0 Å². The summed E-state index contributed by atoms with van der Waals surface area (Å²) in [5.41, 5.74) is 3.07. The lowest BCUT2D eigenvalue weighted by Crippen LogP contribution is -2.24. The molecule has 1 aliphatic rings. The zero-order chi connectivity index (χ0) is 12.8. The molecule has 18 heavy (non-hydrogen) atoms. The van der Waals surface area contributed by atoms with Crippen molar-refractivity contribution in [3.05, 3.63) is 35.4 Å². The highest BCUT2D eigenvalue weighted by Crippen LogP contribution is 2.36. The highest BCUT2D eigenvalue weighted by atomic mass is 14.8. The first kappa shape index (κ1) is 13.6. The molecule has 0 amide bonds. The number of benzene rings is 1. The summed E-state index contributed by atoms with van der Waals surface area (Å²) in [7, 11) is 2.09. The molecule has 0 radical (unpaired) electrons. The van der Waals surface area contributed by atoms with Crippen molar-refractivity contribution in [2.45, 2.75) is 51.4 Å². The molecule has 2 unspecified atom stereocenters.